The molecule has 0 spiro atoms. The van der Waals surface area contributed by atoms with E-state index in [1.54, 1.807) is 0 Å². The molecule has 0 atom stereocenters. The van der Waals surface area contributed by atoms with Gasteiger partial charge in [-0.2, -0.15) is 9.97 Å². The molecular weight excluding hydrogens is 1850 g/mol. The number of halogens is 5. The predicted molar refractivity (Wildman–Crippen MR) is 527 cm³/mol. The van der Waals surface area contributed by atoms with Gasteiger partial charge in [0.25, 0.3) is 0 Å². The molecule has 124 heavy (non-hydrogen) atoms. The molecule has 0 saturated carbocycles. The quantitative estimate of drug-likeness (QED) is 0.140. The Morgan fingerprint density at radius 2 is 0.492 bits per heavy atom. The molecule has 0 aliphatic heterocycles. The standard InChI is InChI=1S/C26H16BrN5.2C23H15BrN2.2C17H11BrN2/c27-19-13-14-20-22(16-19)32(21-12-7-15-28-23(20)21)26-30-24(17-8-3-1-4-9-17)29-25(31-26)18-10-5-2-6-11-18;24-18-11-12-20-22(15-18)26(21-10-5-13-25-23(20)21)19-9-4-8-17(14-19)16-6-2-1-3-7-16;24-18-10-13-20-22(15-18)26(21-7-4-14-25-23(20)21)19-11-8-17(9-12-19)16-5-2-1-3-6-16;18-12-8-9-14-16(11-12)20(13-5-2-1-3-6-13)15-7-4-10-19-17(14)15;18-12-6-7-14-15-11-19-9-8-16(15)20(17(14)10-12)13-4-2-1-3-5-13/h1-16H;2*1-15H;2*1-11H. The SMILES string of the molecule is Brc1ccc2c3cnccc3n(-c3ccccc3)c2c1.Brc1ccc2c3ncccc3n(-c3ccc(-c4ccccc4)cc3)c2c1.Brc1ccc2c3ncccc3n(-c3cccc(-c4ccccc4)c3)c2c1.Brc1ccc2c3ncccc3n(-c3ccccc3)c2c1.Brc1ccc2c3ncccc3n(-c3nc(-c4ccccc4)nc(-c4ccccc4)n3)c2c1. The second-order valence-corrected chi connectivity index (χ2v) is 34.0. The molecule has 11 aromatic heterocycles. The smallest absolute Gasteiger partial charge is 0.238 e. The Kier molecular flexibility index (Phi) is 22.1. The van der Waals surface area contributed by atoms with Crippen molar-refractivity contribution in [3.63, 3.8) is 0 Å². The number of hydrogen-bond donors (Lipinski definition) is 0. The highest BCUT2D eigenvalue weighted by Crippen LogP contribution is 2.40. The molecule has 0 N–H and O–H groups in total. The van der Waals surface area contributed by atoms with E-state index in [0.29, 0.717) is 17.6 Å². The van der Waals surface area contributed by atoms with Crippen molar-refractivity contribution in [2.75, 3.05) is 0 Å². The minimum absolute atomic E-state index is 0.559. The average molecular weight is 1920 g/mol. The third-order valence-electron chi connectivity index (χ3n) is 21.8. The van der Waals surface area contributed by atoms with Crippen molar-refractivity contribution < 1.29 is 0 Å². The van der Waals surface area contributed by atoms with Gasteiger partial charge in [0.15, 0.2) is 11.6 Å². The number of rotatable bonds is 9. The Balaban J connectivity index is 0.0000000992. The second kappa shape index (κ2) is 34.9. The van der Waals surface area contributed by atoms with E-state index in [1.165, 1.54) is 55.0 Å². The van der Waals surface area contributed by atoms with Gasteiger partial charge in [-0.05, 0) is 210 Å². The molecule has 0 amide bonds. The zero-order valence-electron chi connectivity index (χ0n) is 66.0. The van der Waals surface area contributed by atoms with Crippen LogP contribution in [-0.2, 0) is 0 Å². The van der Waals surface area contributed by atoms with Crippen LogP contribution in [0.25, 0.3) is 183 Å². The van der Waals surface area contributed by atoms with E-state index in [0.717, 1.165) is 133 Å². The van der Waals surface area contributed by atoms with Crippen LogP contribution in [0.2, 0.25) is 0 Å². The van der Waals surface area contributed by atoms with Crippen LogP contribution in [0.15, 0.2) is 436 Å². The number of aromatic nitrogens is 13. The topological polar surface area (TPSA) is 128 Å². The monoisotopic (exact) mass is 1920 g/mol. The van der Waals surface area contributed by atoms with Crippen molar-refractivity contribution in [3.8, 4) is 73.7 Å². The van der Waals surface area contributed by atoms with Gasteiger partial charge in [0.2, 0.25) is 5.95 Å². The third kappa shape index (κ3) is 15.6. The van der Waals surface area contributed by atoms with E-state index < -0.39 is 0 Å². The molecule has 13 aromatic carbocycles. The Hall–Kier alpha value is -14.0. The Bertz CT molecular complexity index is 7830. The van der Waals surface area contributed by atoms with E-state index in [9.17, 15) is 0 Å². The lowest BCUT2D eigenvalue weighted by atomic mass is 10.1. The van der Waals surface area contributed by atoms with Crippen LogP contribution in [-0.4, -0.2) is 62.7 Å². The average Bonchev–Trinajstić information content (AvgIpc) is 1.62. The van der Waals surface area contributed by atoms with Crippen molar-refractivity contribution in [2.45, 2.75) is 0 Å². The maximum absolute atomic E-state index is 4.90. The third-order valence-corrected chi connectivity index (χ3v) is 24.3. The van der Waals surface area contributed by atoms with Crippen molar-refractivity contribution in [2.24, 2.45) is 0 Å². The van der Waals surface area contributed by atoms with Crippen molar-refractivity contribution in [3.05, 3.63) is 436 Å². The van der Waals surface area contributed by atoms with Gasteiger partial charge >= 0.3 is 0 Å². The van der Waals surface area contributed by atoms with Gasteiger partial charge in [-0.15, -0.1) is 0 Å². The maximum Gasteiger partial charge on any atom is 0.238 e. The van der Waals surface area contributed by atoms with Crippen LogP contribution < -0.4 is 0 Å². The lowest BCUT2D eigenvalue weighted by molar-refractivity contribution is 0.952. The van der Waals surface area contributed by atoms with Gasteiger partial charge in [-0.3, -0.25) is 29.5 Å². The molecule has 0 aliphatic rings. The van der Waals surface area contributed by atoms with E-state index in [4.69, 9.17) is 15.0 Å². The lowest BCUT2D eigenvalue weighted by Gasteiger charge is -2.10. The van der Waals surface area contributed by atoms with Gasteiger partial charge in [-0.1, -0.05) is 268 Å². The molecule has 24 aromatic rings. The summed E-state index contributed by atoms with van der Waals surface area (Å²) in [6, 6.07) is 129. The summed E-state index contributed by atoms with van der Waals surface area (Å²) in [5.74, 6) is 1.82. The van der Waals surface area contributed by atoms with Crippen molar-refractivity contribution in [1.29, 1.82) is 0 Å². The summed E-state index contributed by atoms with van der Waals surface area (Å²) < 4.78 is 16.4. The normalized spacial score (nSPS) is 11.3. The molecule has 592 valence electrons. The van der Waals surface area contributed by atoms with Gasteiger partial charge in [0, 0.05) is 126 Å². The van der Waals surface area contributed by atoms with Crippen LogP contribution in [0.1, 0.15) is 0 Å². The number of fused-ring (bicyclic) bond motifs is 15. The number of pyridine rings is 5. The van der Waals surface area contributed by atoms with E-state index in [1.807, 2.05) is 159 Å². The van der Waals surface area contributed by atoms with E-state index in [-0.39, 0.29) is 0 Å². The molecular formula is C106H68Br5N13. The largest absolute Gasteiger partial charge is 0.309 e. The van der Waals surface area contributed by atoms with E-state index in [2.05, 4.69) is 382 Å². The van der Waals surface area contributed by atoms with Gasteiger partial charge in [-0.25, -0.2) is 4.98 Å². The predicted octanol–water partition coefficient (Wildman–Crippen LogP) is 29.6. The van der Waals surface area contributed by atoms with Crippen molar-refractivity contribution in [1.82, 2.24) is 62.7 Å². The van der Waals surface area contributed by atoms with Gasteiger partial charge in [0.1, 0.15) is 0 Å². The highest BCUT2D eigenvalue weighted by molar-refractivity contribution is 9.11. The van der Waals surface area contributed by atoms with Crippen LogP contribution in [0.4, 0.5) is 0 Å². The summed E-state index contributed by atoms with van der Waals surface area (Å²) >= 11 is 18.0. The number of para-hydroxylation sites is 2. The molecule has 0 radical (unpaired) electrons. The van der Waals surface area contributed by atoms with Crippen LogP contribution in [0.5, 0.6) is 0 Å². The fraction of sp³-hybridized carbons (Fsp3) is 0. The first-order valence-electron chi connectivity index (χ1n) is 40.1. The number of nitrogens with zero attached hydrogens (tertiary/aromatic N) is 13. The molecule has 0 saturated heterocycles. The summed E-state index contributed by atoms with van der Waals surface area (Å²) in [6.07, 6.45) is 11.1. The molecule has 0 aliphatic carbocycles. The van der Waals surface area contributed by atoms with Gasteiger partial charge in [0.05, 0.1) is 77.2 Å². The summed E-state index contributed by atoms with van der Waals surface area (Å²) in [4.78, 5) is 37.3. The van der Waals surface area contributed by atoms with Crippen molar-refractivity contribution >= 4 is 189 Å². The van der Waals surface area contributed by atoms with Crippen LogP contribution in [0, 0.1) is 0 Å². The highest BCUT2D eigenvalue weighted by atomic mass is 79.9. The summed E-state index contributed by atoms with van der Waals surface area (Å²) in [6.45, 7) is 0. The highest BCUT2D eigenvalue weighted by Gasteiger charge is 2.22. The first-order chi connectivity index (χ1) is 61.1. The van der Waals surface area contributed by atoms with Gasteiger partial charge < -0.3 is 18.3 Å². The van der Waals surface area contributed by atoms with E-state index >= 15 is 0 Å². The fourth-order valence-electron chi connectivity index (χ4n) is 16.3. The second-order valence-electron chi connectivity index (χ2n) is 29.4. The number of hydrogen-bond acceptors (Lipinski definition) is 8. The molecule has 0 bridgehead atoms. The maximum atomic E-state index is 4.90. The molecule has 18 heteroatoms. The summed E-state index contributed by atoms with van der Waals surface area (Å²) in [5, 5.41) is 6.95. The molecule has 0 unspecified atom stereocenters. The zero-order valence-corrected chi connectivity index (χ0v) is 73.9. The van der Waals surface area contributed by atoms with Crippen LogP contribution in [0.3, 0.4) is 0 Å². The zero-order chi connectivity index (χ0) is 83.6. The Morgan fingerprint density at radius 3 is 0.903 bits per heavy atom. The Labute approximate surface area is 754 Å². The first kappa shape index (κ1) is 78.6. The Morgan fingerprint density at radius 1 is 0.185 bits per heavy atom. The molecule has 0 fully saturated rings. The minimum atomic E-state index is 0.559. The lowest BCUT2D eigenvalue weighted by Crippen LogP contribution is -2.06. The molecule has 13 nitrogen and oxygen atoms in total. The minimum Gasteiger partial charge on any atom is -0.309 e. The molecule has 11 heterocycles. The molecule has 24 rings (SSSR count). The fourth-order valence-corrected chi connectivity index (χ4v) is 18.1. The summed E-state index contributed by atoms with van der Waals surface area (Å²) in [7, 11) is 0. The summed E-state index contributed by atoms with van der Waals surface area (Å²) in [5.41, 5.74) is 26.5. The van der Waals surface area contributed by atoms with Crippen LogP contribution >= 0.6 is 79.6 Å². The number of benzene rings is 13. The first-order valence-corrected chi connectivity index (χ1v) is 44.1.